The molecule has 0 aromatic heterocycles. The molecule has 0 aromatic carbocycles. The lowest BCUT2D eigenvalue weighted by Crippen LogP contribution is -2.30. The Balaban J connectivity index is 5.55. The Hall–Kier alpha value is -6.62. The predicted octanol–water partition coefficient (Wildman–Crippen LogP) is 23.7. The summed E-state index contributed by atoms with van der Waals surface area (Å²) >= 11 is 0. The molecule has 17 nitrogen and oxygen atoms in total. The molecule has 3 N–H and O–H groups in total. The Morgan fingerprint density at radius 3 is 0.759 bits per heavy atom. The van der Waals surface area contributed by atoms with Gasteiger partial charge in [0.05, 0.1) is 26.4 Å². The lowest BCUT2D eigenvalue weighted by molar-refractivity contribution is -0.161. The number of allylic oxidation sites excluding steroid dienone is 36. The van der Waals surface area contributed by atoms with Crippen LogP contribution in [-0.2, 0) is 65.4 Å². The maximum absolute atomic E-state index is 13.1. The van der Waals surface area contributed by atoms with Gasteiger partial charge in [0.25, 0.3) is 0 Å². The van der Waals surface area contributed by atoms with Gasteiger partial charge < -0.3 is 33.8 Å². The summed E-state index contributed by atoms with van der Waals surface area (Å²) in [4.78, 5) is 73.1. The van der Waals surface area contributed by atoms with Gasteiger partial charge in [0, 0.05) is 25.7 Å². The van der Waals surface area contributed by atoms with Gasteiger partial charge in [-0.05, 0) is 180 Å². The molecule has 0 aliphatic carbocycles. The van der Waals surface area contributed by atoms with E-state index in [1.165, 1.54) is 0 Å². The summed E-state index contributed by atoms with van der Waals surface area (Å²) in [5, 5.41) is 10.6. The average Bonchev–Trinajstić information content (AvgIpc) is 0.906. The molecule has 0 fully saturated rings. The quantitative estimate of drug-likeness (QED) is 0.0169. The third-order valence-electron chi connectivity index (χ3n) is 15.4. The lowest BCUT2D eigenvalue weighted by Gasteiger charge is -2.21. The van der Waals surface area contributed by atoms with E-state index < -0.39 is 97.5 Å². The number of carbonyl (C=O) groups is 4. The summed E-state index contributed by atoms with van der Waals surface area (Å²) < 4.78 is 68.5. The molecule has 0 spiro atoms. The van der Waals surface area contributed by atoms with Crippen molar-refractivity contribution < 1.29 is 80.2 Å². The van der Waals surface area contributed by atoms with Crippen molar-refractivity contribution in [2.45, 2.75) is 277 Å². The lowest BCUT2D eigenvalue weighted by atomic mass is 10.1. The fourth-order valence-corrected chi connectivity index (χ4v) is 11.1. The van der Waals surface area contributed by atoms with E-state index >= 15 is 0 Å². The molecule has 0 saturated carbocycles. The Kier molecular flexibility index (Phi) is 73.7. The van der Waals surface area contributed by atoms with E-state index in [0.29, 0.717) is 44.9 Å². The molecule has 0 aliphatic rings. The highest BCUT2D eigenvalue weighted by Gasteiger charge is 2.30. The van der Waals surface area contributed by atoms with Crippen LogP contribution in [0.4, 0.5) is 0 Å². The van der Waals surface area contributed by atoms with Crippen molar-refractivity contribution >= 4 is 39.5 Å². The van der Waals surface area contributed by atoms with Gasteiger partial charge in [-0.25, -0.2) is 9.13 Å². The Bertz CT molecular complexity index is 2910. The molecule has 5 atom stereocenters. The number of phosphoric acid groups is 2. The molecular formula is C89H138O17P2. The normalized spacial score (nSPS) is 15.0. The molecule has 19 heteroatoms. The molecule has 606 valence electrons. The van der Waals surface area contributed by atoms with Crippen LogP contribution in [0.25, 0.3) is 0 Å². The van der Waals surface area contributed by atoms with Crippen molar-refractivity contribution in [3.8, 4) is 0 Å². The number of ether oxygens (including phenoxy) is 4. The van der Waals surface area contributed by atoms with Gasteiger partial charge in [-0.2, -0.15) is 0 Å². The smallest absolute Gasteiger partial charge is 0.462 e. The monoisotopic (exact) mass is 1540 g/mol. The molecule has 0 aromatic rings. The predicted molar refractivity (Wildman–Crippen MR) is 445 cm³/mol. The zero-order valence-corrected chi connectivity index (χ0v) is 68.0. The SMILES string of the molecule is CC/C=C\C/C=C\C/C=C\C/C=C\C/C=C\CCCC(=O)OCC(COP(=O)(O)OCC(O)COP(=O)(O)OCC(COC(=O)CCCCCCCC/C=C\C/C=C\C/C=C\C/C=C\CC)OC(=O)CCC/C=C\C/C=C\C/C=C\C/C=C\C/C=C\CC)OC(=O)CCCC/C=C\C/C=C\C/C=C\C/C=C\CC. The number of rotatable bonds is 72. The number of phosphoric ester groups is 2. The second-order valence-electron chi connectivity index (χ2n) is 25.5. The van der Waals surface area contributed by atoms with Crippen LogP contribution >= 0.6 is 15.6 Å². The molecular weight excluding hydrogens is 1400 g/mol. The molecule has 0 saturated heterocycles. The summed E-state index contributed by atoms with van der Waals surface area (Å²) in [6.45, 7) is 4.18. The van der Waals surface area contributed by atoms with E-state index in [4.69, 9.17) is 37.0 Å². The van der Waals surface area contributed by atoms with Crippen molar-refractivity contribution in [1.82, 2.24) is 0 Å². The van der Waals surface area contributed by atoms with Crippen LogP contribution in [0, 0.1) is 0 Å². The van der Waals surface area contributed by atoms with Crippen molar-refractivity contribution in [3.63, 3.8) is 0 Å². The molecule has 0 amide bonds. The minimum atomic E-state index is -5.02. The van der Waals surface area contributed by atoms with Gasteiger partial charge in [0.1, 0.15) is 19.3 Å². The Labute approximate surface area is 651 Å². The van der Waals surface area contributed by atoms with Gasteiger partial charge in [0.15, 0.2) is 12.2 Å². The first-order chi connectivity index (χ1) is 52.7. The van der Waals surface area contributed by atoms with Crippen LogP contribution in [0.2, 0.25) is 0 Å². The molecule has 0 rings (SSSR count). The zero-order valence-electron chi connectivity index (χ0n) is 66.2. The van der Waals surface area contributed by atoms with E-state index in [-0.39, 0.29) is 25.7 Å². The van der Waals surface area contributed by atoms with Crippen LogP contribution in [0.1, 0.15) is 259 Å². The molecule has 0 bridgehead atoms. The number of aliphatic hydroxyl groups is 1. The number of aliphatic hydroxyl groups excluding tert-OH is 1. The van der Waals surface area contributed by atoms with E-state index in [0.717, 1.165) is 161 Å². The van der Waals surface area contributed by atoms with Crippen molar-refractivity contribution in [2.75, 3.05) is 39.6 Å². The standard InChI is InChI=1S/C89H138O17P2/c1-5-9-13-17-21-25-29-33-37-40-41-44-47-50-54-58-62-66-70-74-87(92)100-80-85(106-89(94)76-72-68-64-60-56-52-48-43-39-35-31-27-23-19-15-11-7-3)82-104-108(97,98)102-78-83(90)77-101-107(95,96)103-81-84(105-88(93)75-71-67-63-59-55-51-45-36-32-28-24-20-16-12-8-4)79-99-86(91)73-69-65-61-57-53-49-46-42-38-34-30-26-22-18-14-10-6-2/h9-16,21-28,33-39,41,44-46,48-49,52,55,57,59-61,64,83-85,90H,5-8,17-20,29-32,40,42-43,47,50-51,53-54,56,58,62-63,65-82H2,1-4H3,(H,95,96)(H,97,98)/b13-9-,14-10-,15-11-,16-12-,25-21-,26-22-,27-23-,28-24-,37-33-,38-34-,39-35-,44-41-,45-36-,49-46-,52-48-,59-55-,61-57-,64-60-. The van der Waals surface area contributed by atoms with Crippen LogP contribution in [0.5, 0.6) is 0 Å². The van der Waals surface area contributed by atoms with Gasteiger partial charge >= 0.3 is 39.5 Å². The van der Waals surface area contributed by atoms with E-state index in [1.54, 1.807) is 0 Å². The van der Waals surface area contributed by atoms with Gasteiger partial charge in [-0.3, -0.25) is 37.3 Å². The van der Waals surface area contributed by atoms with E-state index in [1.807, 2.05) is 30.4 Å². The van der Waals surface area contributed by atoms with Crippen LogP contribution in [0.15, 0.2) is 219 Å². The summed E-state index contributed by atoms with van der Waals surface area (Å²) in [5.41, 5.74) is 0. The van der Waals surface area contributed by atoms with Crippen LogP contribution in [0.3, 0.4) is 0 Å². The first-order valence-corrected chi connectivity index (χ1v) is 43.0. The average molecular weight is 1540 g/mol. The largest absolute Gasteiger partial charge is 0.472 e. The highest BCUT2D eigenvalue weighted by atomic mass is 31.2. The second-order valence-corrected chi connectivity index (χ2v) is 28.4. The number of esters is 4. The van der Waals surface area contributed by atoms with E-state index in [2.05, 4.69) is 216 Å². The third-order valence-corrected chi connectivity index (χ3v) is 17.3. The number of hydrogen-bond acceptors (Lipinski definition) is 15. The first-order valence-electron chi connectivity index (χ1n) is 40.0. The summed E-state index contributed by atoms with van der Waals surface area (Å²) in [7, 11) is -10.0. The zero-order chi connectivity index (χ0) is 78.9. The summed E-state index contributed by atoms with van der Waals surface area (Å²) in [6, 6.07) is 0. The second kappa shape index (κ2) is 78.5. The highest BCUT2D eigenvalue weighted by Crippen LogP contribution is 2.45. The van der Waals surface area contributed by atoms with Gasteiger partial charge in [0.2, 0.25) is 0 Å². The summed E-state index contributed by atoms with van der Waals surface area (Å²) in [6.07, 6.45) is 99.4. The number of carbonyl (C=O) groups excluding carboxylic acids is 4. The van der Waals surface area contributed by atoms with Crippen molar-refractivity contribution in [2.24, 2.45) is 0 Å². The molecule has 0 aliphatic heterocycles. The Morgan fingerprint density at radius 1 is 0.259 bits per heavy atom. The van der Waals surface area contributed by atoms with Gasteiger partial charge in [-0.15, -0.1) is 0 Å². The fourth-order valence-electron chi connectivity index (χ4n) is 9.51. The Morgan fingerprint density at radius 2 is 0.463 bits per heavy atom. The topological polar surface area (TPSA) is 237 Å². The minimum Gasteiger partial charge on any atom is -0.462 e. The maximum atomic E-state index is 13.1. The molecule has 5 unspecified atom stereocenters. The van der Waals surface area contributed by atoms with Crippen LogP contribution in [-0.4, -0.2) is 96.7 Å². The molecule has 108 heavy (non-hydrogen) atoms. The van der Waals surface area contributed by atoms with Crippen molar-refractivity contribution in [3.05, 3.63) is 219 Å². The van der Waals surface area contributed by atoms with Gasteiger partial charge in [-0.1, -0.05) is 272 Å². The minimum absolute atomic E-state index is 0.00104. The molecule has 0 heterocycles. The molecule has 0 radical (unpaired) electrons. The maximum Gasteiger partial charge on any atom is 0.472 e. The fraction of sp³-hybridized carbons (Fsp3) is 0.551. The first kappa shape index (κ1) is 101. The number of unbranched alkanes of at least 4 members (excludes halogenated alkanes) is 10. The van der Waals surface area contributed by atoms with E-state index in [9.17, 15) is 43.2 Å². The summed E-state index contributed by atoms with van der Waals surface area (Å²) in [5.74, 6) is -2.40. The van der Waals surface area contributed by atoms with Crippen molar-refractivity contribution in [1.29, 1.82) is 0 Å². The number of hydrogen-bond donors (Lipinski definition) is 3. The highest BCUT2D eigenvalue weighted by molar-refractivity contribution is 7.47. The third kappa shape index (κ3) is 77.5. The van der Waals surface area contributed by atoms with Crippen LogP contribution < -0.4 is 0 Å².